The molecule has 2 unspecified atom stereocenters. The molecule has 1 rings (SSSR count). The van der Waals surface area contributed by atoms with Gasteiger partial charge in [-0.2, -0.15) is 5.26 Å². The second-order valence-corrected chi connectivity index (χ2v) is 4.03. The fourth-order valence-corrected chi connectivity index (χ4v) is 1.83. The highest BCUT2D eigenvalue weighted by Gasteiger charge is 2.16. The number of nitrogens with one attached hydrogen (secondary N) is 1. The summed E-state index contributed by atoms with van der Waals surface area (Å²) in [7, 11) is 2.17. The van der Waals surface area contributed by atoms with E-state index < -0.39 is 0 Å². The fourth-order valence-electron chi connectivity index (χ4n) is 1.83. The van der Waals surface area contributed by atoms with E-state index in [9.17, 15) is 0 Å². The van der Waals surface area contributed by atoms with Crippen LogP contribution in [-0.2, 0) is 0 Å². The lowest BCUT2D eigenvalue weighted by molar-refractivity contribution is 0.205. The normalized spacial score (nSPS) is 26.7. The minimum absolute atomic E-state index is 0.00719. The van der Waals surface area contributed by atoms with Crippen LogP contribution in [-0.4, -0.2) is 37.6 Å². The van der Waals surface area contributed by atoms with Gasteiger partial charge in [-0.05, 0) is 39.3 Å². The average molecular weight is 181 g/mol. The van der Waals surface area contributed by atoms with Crippen molar-refractivity contribution in [1.29, 1.82) is 5.26 Å². The second-order valence-electron chi connectivity index (χ2n) is 4.03. The monoisotopic (exact) mass is 181 g/mol. The molecular weight excluding hydrogens is 162 g/mol. The molecule has 0 spiro atoms. The van der Waals surface area contributed by atoms with Crippen LogP contribution < -0.4 is 5.32 Å². The number of nitriles is 1. The van der Waals surface area contributed by atoms with Crippen LogP contribution in [0.2, 0.25) is 0 Å². The molecule has 1 saturated heterocycles. The van der Waals surface area contributed by atoms with E-state index in [4.69, 9.17) is 5.26 Å². The number of rotatable bonds is 3. The zero-order valence-electron chi connectivity index (χ0n) is 8.58. The van der Waals surface area contributed by atoms with Crippen LogP contribution in [0, 0.1) is 17.2 Å². The van der Waals surface area contributed by atoms with Crippen molar-refractivity contribution in [2.24, 2.45) is 5.92 Å². The van der Waals surface area contributed by atoms with Gasteiger partial charge in [0.25, 0.3) is 0 Å². The number of piperidine rings is 1. The summed E-state index contributed by atoms with van der Waals surface area (Å²) in [6.07, 6.45) is 2.60. The van der Waals surface area contributed by atoms with E-state index >= 15 is 0 Å². The summed E-state index contributed by atoms with van der Waals surface area (Å²) in [5.74, 6) is 0.731. The van der Waals surface area contributed by atoms with Gasteiger partial charge in [-0.3, -0.25) is 0 Å². The van der Waals surface area contributed by atoms with Gasteiger partial charge in [-0.1, -0.05) is 0 Å². The third kappa shape index (κ3) is 3.75. The summed E-state index contributed by atoms with van der Waals surface area (Å²) in [5.41, 5.74) is 0. The molecule has 1 aliphatic heterocycles. The van der Waals surface area contributed by atoms with Crippen molar-refractivity contribution in [1.82, 2.24) is 10.2 Å². The quantitative estimate of drug-likeness (QED) is 0.701. The summed E-state index contributed by atoms with van der Waals surface area (Å²) in [5, 5.41) is 11.8. The molecule has 1 aliphatic rings. The van der Waals surface area contributed by atoms with Crippen molar-refractivity contribution in [3.8, 4) is 6.07 Å². The molecule has 0 aliphatic carbocycles. The maximum Gasteiger partial charge on any atom is 0.0924 e. The largest absolute Gasteiger partial charge is 0.306 e. The third-order valence-corrected chi connectivity index (χ3v) is 2.63. The van der Waals surface area contributed by atoms with Crippen molar-refractivity contribution >= 4 is 0 Å². The van der Waals surface area contributed by atoms with Gasteiger partial charge in [-0.15, -0.1) is 0 Å². The molecule has 1 fully saturated rings. The summed E-state index contributed by atoms with van der Waals surface area (Å²) < 4.78 is 0. The topological polar surface area (TPSA) is 39.1 Å². The van der Waals surface area contributed by atoms with E-state index in [-0.39, 0.29) is 6.04 Å². The Balaban J connectivity index is 2.17. The van der Waals surface area contributed by atoms with Crippen molar-refractivity contribution < 1.29 is 0 Å². The highest BCUT2D eigenvalue weighted by atomic mass is 15.1. The molecule has 0 aromatic heterocycles. The molecule has 0 aromatic carbocycles. The van der Waals surface area contributed by atoms with Crippen molar-refractivity contribution in [3.05, 3.63) is 0 Å². The maximum absolute atomic E-state index is 8.59. The Kier molecular flexibility index (Phi) is 4.20. The van der Waals surface area contributed by atoms with E-state index in [0.29, 0.717) is 0 Å². The van der Waals surface area contributed by atoms with Crippen molar-refractivity contribution in [3.63, 3.8) is 0 Å². The average Bonchev–Trinajstić information content (AvgIpc) is 2.14. The third-order valence-electron chi connectivity index (χ3n) is 2.63. The molecule has 13 heavy (non-hydrogen) atoms. The van der Waals surface area contributed by atoms with Crippen LogP contribution in [0.5, 0.6) is 0 Å². The van der Waals surface area contributed by atoms with Crippen LogP contribution in [0.3, 0.4) is 0 Å². The summed E-state index contributed by atoms with van der Waals surface area (Å²) in [6.45, 7) is 5.29. The van der Waals surface area contributed by atoms with Crippen LogP contribution >= 0.6 is 0 Å². The van der Waals surface area contributed by atoms with Crippen molar-refractivity contribution in [2.45, 2.75) is 25.8 Å². The Bertz CT molecular complexity index is 185. The first kappa shape index (κ1) is 10.5. The zero-order valence-corrected chi connectivity index (χ0v) is 8.58. The lowest BCUT2D eigenvalue weighted by atomic mass is 9.98. The van der Waals surface area contributed by atoms with E-state index in [0.717, 1.165) is 12.5 Å². The molecule has 0 aromatic rings. The first-order valence-corrected chi connectivity index (χ1v) is 5.04. The van der Waals surface area contributed by atoms with Crippen molar-refractivity contribution in [2.75, 3.05) is 26.7 Å². The molecule has 2 atom stereocenters. The molecule has 3 heteroatoms. The zero-order chi connectivity index (χ0) is 9.68. The molecule has 1 N–H and O–H groups in total. The summed E-state index contributed by atoms with van der Waals surface area (Å²) in [4.78, 5) is 2.37. The molecule has 0 saturated carbocycles. The molecular formula is C10H19N3. The van der Waals surface area contributed by atoms with Gasteiger partial charge < -0.3 is 10.2 Å². The highest BCUT2D eigenvalue weighted by Crippen LogP contribution is 2.13. The Morgan fingerprint density at radius 3 is 3.08 bits per heavy atom. The predicted molar refractivity (Wildman–Crippen MR) is 53.3 cm³/mol. The molecule has 0 amide bonds. The summed E-state index contributed by atoms with van der Waals surface area (Å²) >= 11 is 0. The highest BCUT2D eigenvalue weighted by molar-refractivity contribution is 4.86. The number of likely N-dealkylation sites (tertiary alicyclic amines) is 1. The minimum atomic E-state index is -0.00719. The lowest BCUT2D eigenvalue weighted by Crippen LogP contribution is -2.39. The molecule has 0 radical (unpaired) electrons. The first-order chi connectivity index (χ1) is 6.22. The van der Waals surface area contributed by atoms with E-state index in [1.807, 2.05) is 6.92 Å². The van der Waals surface area contributed by atoms with Gasteiger partial charge >= 0.3 is 0 Å². The Morgan fingerprint density at radius 1 is 1.69 bits per heavy atom. The van der Waals surface area contributed by atoms with Gasteiger partial charge in [0, 0.05) is 13.1 Å². The predicted octanol–water partition coefficient (Wildman–Crippen LogP) is 0.830. The molecule has 74 valence electrons. The molecule has 3 nitrogen and oxygen atoms in total. The number of hydrogen-bond acceptors (Lipinski definition) is 3. The second kappa shape index (κ2) is 5.21. The molecule has 1 heterocycles. The Morgan fingerprint density at radius 2 is 2.46 bits per heavy atom. The van der Waals surface area contributed by atoms with Gasteiger partial charge in [0.15, 0.2) is 0 Å². The van der Waals surface area contributed by atoms with Crippen LogP contribution in [0.15, 0.2) is 0 Å². The van der Waals surface area contributed by atoms with Crippen LogP contribution in [0.4, 0.5) is 0 Å². The van der Waals surface area contributed by atoms with E-state index in [1.54, 1.807) is 0 Å². The lowest BCUT2D eigenvalue weighted by Gasteiger charge is -2.30. The van der Waals surface area contributed by atoms with Gasteiger partial charge in [0.1, 0.15) is 0 Å². The van der Waals surface area contributed by atoms with E-state index in [1.165, 1.54) is 25.9 Å². The van der Waals surface area contributed by atoms with Crippen LogP contribution in [0.25, 0.3) is 0 Å². The first-order valence-electron chi connectivity index (χ1n) is 5.04. The Hall–Kier alpha value is -0.590. The fraction of sp³-hybridized carbons (Fsp3) is 0.900. The maximum atomic E-state index is 8.59. The van der Waals surface area contributed by atoms with Crippen LogP contribution in [0.1, 0.15) is 19.8 Å². The van der Waals surface area contributed by atoms with Gasteiger partial charge in [0.2, 0.25) is 0 Å². The van der Waals surface area contributed by atoms with Gasteiger partial charge in [-0.25, -0.2) is 0 Å². The number of nitrogens with zero attached hydrogens (tertiary/aromatic N) is 2. The van der Waals surface area contributed by atoms with E-state index in [2.05, 4.69) is 23.3 Å². The van der Waals surface area contributed by atoms with Gasteiger partial charge in [0.05, 0.1) is 12.1 Å². The smallest absolute Gasteiger partial charge is 0.0924 e. The standard InChI is InChI=1S/C10H19N3/c1-9(6-11)12-7-10-4-3-5-13(2)8-10/h9-10,12H,3-5,7-8H2,1-2H3. The minimum Gasteiger partial charge on any atom is -0.306 e. The Labute approximate surface area is 80.7 Å². The summed E-state index contributed by atoms with van der Waals surface area (Å²) in [6, 6.07) is 2.18. The number of hydrogen-bond donors (Lipinski definition) is 1. The molecule has 0 bridgehead atoms. The SMILES string of the molecule is CC(C#N)NCC1CCCN(C)C1.